The van der Waals surface area contributed by atoms with Crippen molar-refractivity contribution < 1.29 is 14.3 Å². The number of ether oxygens (including phenoxy) is 2. The minimum atomic E-state index is -0.309. The number of carbonyl (C=O) groups is 1. The number of hydrogen-bond acceptors (Lipinski definition) is 7. The molecule has 2 heterocycles. The molecule has 0 aliphatic heterocycles. The van der Waals surface area contributed by atoms with E-state index in [4.69, 9.17) is 9.47 Å². The second-order valence-electron chi connectivity index (χ2n) is 5.26. The Morgan fingerprint density at radius 3 is 2.77 bits per heavy atom. The molecule has 26 heavy (non-hydrogen) atoms. The Balaban J connectivity index is 1.68. The molecule has 2 aromatic heterocycles. The van der Waals surface area contributed by atoms with Crippen LogP contribution in [0.15, 0.2) is 48.1 Å². The van der Waals surface area contributed by atoms with Gasteiger partial charge in [-0.3, -0.25) is 4.79 Å². The average molecular weight is 370 g/mol. The molecule has 134 valence electrons. The zero-order valence-electron chi connectivity index (χ0n) is 14.2. The summed E-state index contributed by atoms with van der Waals surface area (Å²) in [4.78, 5) is 25.1. The molecule has 0 radical (unpaired) electrons. The average Bonchev–Trinajstić information content (AvgIpc) is 3.17. The summed E-state index contributed by atoms with van der Waals surface area (Å²) in [6.07, 6.45) is 4.05. The van der Waals surface area contributed by atoms with Gasteiger partial charge < -0.3 is 14.8 Å². The standard InChI is InChI=1S/C18H18N4O3S/c1-24-10-5-11-25-15-7-3-2-6-13(15)21-17(23)14-12-26-18(22-14)16-19-8-4-9-20-16/h2-4,6-9,12H,5,10-11H2,1H3,(H,21,23). The smallest absolute Gasteiger partial charge is 0.275 e. The summed E-state index contributed by atoms with van der Waals surface area (Å²) in [5.74, 6) is 0.800. The van der Waals surface area contributed by atoms with Gasteiger partial charge in [-0.1, -0.05) is 12.1 Å². The van der Waals surface area contributed by atoms with E-state index in [2.05, 4.69) is 20.3 Å². The first kappa shape index (κ1) is 18.0. The number of benzene rings is 1. The molecule has 8 heteroatoms. The van der Waals surface area contributed by atoms with Gasteiger partial charge in [0, 0.05) is 37.9 Å². The van der Waals surface area contributed by atoms with Crippen molar-refractivity contribution in [2.24, 2.45) is 0 Å². The van der Waals surface area contributed by atoms with Crippen LogP contribution in [0.4, 0.5) is 5.69 Å². The molecule has 0 atom stereocenters. The Morgan fingerprint density at radius 2 is 1.96 bits per heavy atom. The summed E-state index contributed by atoms with van der Waals surface area (Å²) in [5.41, 5.74) is 0.909. The fourth-order valence-electron chi connectivity index (χ4n) is 2.16. The number of nitrogens with zero attached hydrogens (tertiary/aromatic N) is 3. The fraction of sp³-hybridized carbons (Fsp3) is 0.222. The topological polar surface area (TPSA) is 86.2 Å². The summed E-state index contributed by atoms with van der Waals surface area (Å²) in [6, 6.07) is 9.02. The van der Waals surface area contributed by atoms with Crippen LogP contribution in [-0.2, 0) is 4.74 Å². The van der Waals surface area contributed by atoms with Crippen LogP contribution in [0.3, 0.4) is 0 Å². The van der Waals surface area contributed by atoms with Crippen molar-refractivity contribution in [3.05, 3.63) is 53.8 Å². The normalized spacial score (nSPS) is 10.5. The van der Waals surface area contributed by atoms with Gasteiger partial charge in [-0.05, 0) is 18.2 Å². The lowest BCUT2D eigenvalue weighted by Gasteiger charge is -2.11. The Hall–Kier alpha value is -2.84. The van der Waals surface area contributed by atoms with E-state index < -0.39 is 0 Å². The zero-order chi connectivity index (χ0) is 18.2. The van der Waals surface area contributed by atoms with Gasteiger partial charge in [0.25, 0.3) is 5.91 Å². The molecule has 0 fully saturated rings. The number of hydrogen-bond donors (Lipinski definition) is 1. The molecular formula is C18H18N4O3S. The molecule has 0 aliphatic rings. The first-order valence-corrected chi connectivity index (χ1v) is 8.91. The van der Waals surface area contributed by atoms with Crippen LogP contribution < -0.4 is 10.1 Å². The van der Waals surface area contributed by atoms with Crippen LogP contribution in [0.25, 0.3) is 10.8 Å². The van der Waals surface area contributed by atoms with E-state index in [9.17, 15) is 4.79 Å². The monoisotopic (exact) mass is 370 g/mol. The van der Waals surface area contributed by atoms with Gasteiger partial charge in [0.05, 0.1) is 12.3 Å². The predicted molar refractivity (Wildman–Crippen MR) is 99.5 cm³/mol. The van der Waals surface area contributed by atoms with Crippen LogP contribution >= 0.6 is 11.3 Å². The van der Waals surface area contributed by atoms with Crippen LogP contribution in [0, 0.1) is 0 Å². The molecule has 7 nitrogen and oxygen atoms in total. The SMILES string of the molecule is COCCCOc1ccccc1NC(=O)c1csc(-c2ncccn2)n1. The van der Waals surface area contributed by atoms with Crippen molar-refractivity contribution in [1.29, 1.82) is 0 Å². The van der Waals surface area contributed by atoms with Crippen LogP contribution in [0.2, 0.25) is 0 Å². The second-order valence-corrected chi connectivity index (χ2v) is 6.11. The van der Waals surface area contributed by atoms with Crippen LogP contribution in [-0.4, -0.2) is 41.2 Å². The molecule has 0 aliphatic carbocycles. The van der Waals surface area contributed by atoms with Gasteiger partial charge in [-0.25, -0.2) is 15.0 Å². The highest BCUT2D eigenvalue weighted by molar-refractivity contribution is 7.13. The third kappa shape index (κ3) is 4.62. The van der Waals surface area contributed by atoms with Gasteiger partial charge in [-0.15, -0.1) is 11.3 Å². The minimum absolute atomic E-state index is 0.309. The molecule has 0 saturated carbocycles. The van der Waals surface area contributed by atoms with Crippen LogP contribution in [0.5, 0.6) is 5.75 Å². The molecular weight excluding hydrogens is 352 g/mol. The zero-order valence-corrected chi connectivity index (χ0v) is 15.0. The number of anilines is 1. The van der Waals surface area contributed by atoms with Gasteiger partial charge in [-0.2, -0.15) is 0 Å². The van der Waals surface area contributed by atoms with E-state index in [1.807, 2.05) is 18.2 Å². The number of thiazole rings is 1. The van der Waals surface area contributed by atoms with E-state index in [1.165, 1.54) is 11.3 Å². The highest BCUT2D eigenvalue weighted by atomic mass is 32.1. The number of aromatic nitrogens is 3. The maximum Gasteiger partial charge on any atom is 0.275 e. The Labute approximate surface area is 155 Å². The Bertz CT molecular complexity index is 854. The summed E-state index contributed by atoms with van der Waals surface area (Å²) in [6.45, 7) is 1.13. The molecule has 0 unspecified atom stereocenters. The van der Waals surface area contributed by atoms with Crippen molar-refractivity contribution in [2.45, 2.75) is 6.42 Å². The number of carbonyl (C=O) groups excluding carboxylic acids is 1. The number of nitrogens with one attached hydrogen (secondary N) is 1. The number of para-hydroxylation sites is 2. The van der Waals surface area contributed by atoms with Crippen LogP contribution in [0.1, 0.15) is 16.9 Å². The lowest BCUT2D eigenvalue weighted by molar-refractivity contribution is 0.102. The summed E-state index contributed by atoms with van der Waals surface area (Å²) < 4.78 is 10.7. The van der Waals surface area contributed by atoms with Crippen molar-refractivity contribution in [3.8, 4) is 16.6 Å². The molecule has 1 amide bonds. The van der Waals surface area contributed by atoms with E-state index in [0.717, 1.165) is 6.42 Å². The number of methoxy groups -OCH3 is 1. The molecule has 0 saturated heterocycles. The van der Waals surface area contributed by atoms with Crippen molar-refractivity contribution in [1.82, 2.24) is 15.0 Å². The lowest BCUT2D eigenvalue weighted by Crippen LogP contribution is -2.13. The summed E-state index contributed by atoms with van der Waals surface area (Å²) >= 11 is 1.32. The molecule has 0 spiro atoms. The largest absolute Gasteiger partial charge is 0.491 e. The quantitative estimate of drug-likeness (QED) is 0.613. The maximum absolute atomic E-state index is 12.5. The first-order valence-electron chi connectivity index (χ1n) is 8.03. The highest BCUT2D eigenvalue weighted by Crippen LogP contribution is 2.25. The third-order valence-electron chi connectivity index (χ3n) is 3.38. The van der Waals surface area contributed by atoms with E-state index >= 15 is 0 Å². The number of rotatable bonds is 8. The molecule has 1 N–H and O–H groups in total. The molecule has 3 aromatic rings. The van der Waals surface area contributed by atoms with Gasteiger partial charge in [0.15, 0.2) is 10.8 Å². The van der Waals surface area contributed by atoms with Crippen molar-refractivity contribution in [2.75, 3.05) is 25.6 Å². The van der Waals surface area contributed by atoms with E-state index in [-0.39, 0.29) is 5.91 Å². The molecule has 1 aromatic carbocycles. The summed E-state index contributed by atoms with van der Waals surface area (Å²) in [7, 11) is 1.65. The Kier molecular flexibility index (Phi) is 6.24. The first-order chi connectivity index (χ1) is 12.8. The van der Waals surface area contributed by atoms with Gasteiger partial charge in [0.1, 0.15) is 11.4 Å². The lowest BCUT2D eigenvalue weighted by atomic mass is 10.3. The van der Waals surface area contributed by atoms with Gasteiger partial charge >= 0.3 is 0 Å². The predicted octanol–water partition coefficient (Wildman–Crippen LogP) is 3.27. The summed E-state index contributed by atoms with van der Waals surface area (Å²) in [5, 5.41) is 5.12. The maximum atomic E-state index is 12.5. The molecule has 0 bridgehead atoms. The van der Waals surface area contributed by atoms with Gasteiger partial charge in [0.2, 0.25) is 0 Å². The minimum Gasteiger partial charge on any atom is -0.491 e. The van der Waals surface area contributed by atoms with E-state index in [0.29, 0.717) is 41.2 Å². The second kappa shape index (κ2) is 9.02. The third-order valence-corrected chi connectivity index (χ3v) is 4.22. The fourth-order valence-corrected chi connectivity index (χ4v) is 2.90. The highest BCUT2D eigenvalue weighted by Gasteiger charge is 2.15. The van der Waals surface area contributed by atoms with Crippen molar-refractivity contribution in [3.63, 3.8) is 0 Å². The Morgan fingerprint density at radius 1 is 1.15 bits per heavy atom. The van der Waals surface area contributed by atoms with Crippen molar-refractivity contribution >= 4 is 22.9 Å². The molecule has 3 rings (SSSR count). The number of amides is 1. The van der Waals surface area contributed by atoms with E-state index in [1.54, 1.807) is 37.0 Å².